The molecule has 0 saturated carbocycles. The third-order valence-corrected chi connectivity index (χ3v) is 3.16. The molecule has 0 fully saturated rings. The highest BCUT2D eigenvalue weighted by atomic mass is 16.2. The van der Waals surface area contributed by atoms with Crippen molar-refractivity contribution in [2.24, 2.45) is 0 Å². The van der Waals surface area contributed by atoms with Crippen LogP contribution < -0.4 is 5.32 Å². The lowest BCUT2D eigenvalue weighted by atomic mass is 10.2. The third kappa shape index (κ3) is 4.13. The summed E-state index contributed by atoms with van der Waals surface area (Å²) in [5, 5.41) is 16.5. The van der Waals surface area contributed by atoms with E-state index in [4.69, 9.17) is 5.11 Å². The Balaban J connectivity index is 2.45. The maximum absolute atomic E-state index is 8.70. The fraction of sp³-hybridized carbons (Fsp3) is 0.769. The lowest BCUT2D eigenvalue weighted by Gasteiger charge is -2.05. The summed E-state index contributed by atoms with van der Waals surface area (Å²) in [5.74, 6) is 0. The average Bonchev–Trinajstić information content (AvgIpc) is 2.57. The molecule has 0 bridgehead atoms. The second-order valence-corrected chi connectivity index (χ2v) is 4.54. The first-order chi connectivity index (χ1) is 8.20. The van der Waals surface area contributed by atoms with Gasteiger partial charge in [-0.25, -0.2) is 0 Å². The molecule has 2 N–H and O–H groups in total. The van der Waals surface area contributed by atoms with Gasteiger partial charge in [-0.1, -0.05) is 12.8 Å². The lowest BCUT2D eigenvalue weighted by Crippen LogP contribution is -2.08. The van der Waals surface area contributed by atoms with Gasteiger partial charge in [0.15, 0.2) is 0 Å². The summed E-state index contributed by atoms with van der Waals surface area (Å²) in [6.07, 6.45) is 4.34. The number of unbranched alkanes of at least 4 members (excludes halogenated alkanes) is 3. The minimum absolute atomic E-state index is 0.312. The Kier molecular flexibility index (Phi) is 6.22. The zero-order valence-corrected chi connectivity index (χ0v) is 11.3. The highest BCUT2D eigenvalue weighted by molar-refractivity contribution is 5.24. The Labute approximate surface area is 104 Å². The summed E-state index contributed by atoms with van der Waals surface area (Å²) in [4.78, 5) is 0. The largest absolute Gasteiger partial charge is 0.396 e. The molecule has 17 heavy (non-hydrogen) atoms. The van der Waals surface area contributed by atoms with Crippen LogP contribution in [0, 0.1) is 13.8 Å². The van der Waals surface area contributed by atoms with Crippen LogP contribution >= 0.6 is 0 Å². The van der Waals surface area contributed by atoms with Crippen LogP contribution in [0.3, 0.4) is 0 Å². The third-order valence-electron chi connectivity index (χ3n) is 3.16. The van der Waals surface area contributed by atoms with E-state index in [9.17, 15) is 0 Å². The van der Waals surface area contributed by atoms with Gasteiger partial charge in [-0.2, -0.15) is 5.10 Å². The molecule has 1 heterocycles. The van der Waals surface area contributed by atoms with Crippen molar-refractivity contribution < 1.29 is 5.11 Å². The first-order valence-electron chi connectivity index (χ1n) is 6.49. The summed E-state index contributed by atoms with van der Waals surface area (Å²) in [7, 11) is 1.96. The number of nitrogens with one attached hydrogen (secondary N) is 1. The normalized spacial score (nSPS) is 11.1. The topological polar surface area (TPSA) is 50.1 Å². The minimum Gasteiger partial charge on any atom is -0.396 e. The quantitative estimate of drug-likeness (QED) is 0.680. The van der Waals surface area contributed by atoms with Gasteiger partial charge in [-0.15, -0.1) is 0 Å². The van der Waals surface area contributed by atoms with Crippen molar-refractivity contribution in [3.05, 3.63) is 17.0 Å². The number of rotatable bonds is 8. The first-order valence-corrected chi connectivity index (χ1v) is 6.49. The van der Waals surface area contributed by atoms with E-state index in [0.29, 0.717) is 6.61 Å². The lowest BCUT2D eigenvalue weighted by molar-refractivity contribution is 0.282. The molecule has 1 aromatic rings. The highest BCUT2D eigenvalue weighted by Crippen LogP contribution is 2.13. The van der Waals surface area contributed by atoms with Gasteiger partial charge >= 0.3 is 0 Å². The number of hydrogen-bond donors (Lipinski definition) is 2. The first kappa shape index (κ1) is 14.2. The molecule has 0 spiro atoms. The van der Waals surface area contributed by atoms with Gasteiger partial charge in [0.2, 0.25) is 0 Å². The van der Waals surface area contributed by atoms with Crippen LogP contribution in [-0.4, -0.2) is 28.5 Å². The van der Waals surface area contributed by atoms with Crippen molar-refractivity contribution in [1.29, 1.82) is 0 Å². The fourth-order valence-electron chi connectivity index (χ4n) is 2.11. The van der Waals surface area contributed by atoms with Gasteiger partial charge in [0, 0.05) is 31.0 Å². The van der Waals surface area contributed by atoms with Gasteiger partial charge in [0.05, 0.1) is 5.69 Å². The number of aryl methyl sites for hydroxylation is 2. The predicted octanol–water partition coefficient (Wildman–Crippen LogP) is 1.77. The molecule has 0 aliphatic carbocycles. The molecule has 4 heteroatoms. The summed E-state index contributed by atoms with van der Waals surface area (Å²) in [6, 6.07) is 0. The van der Waals surface area contributed by atoms with Crippen LogP contribution in [0.25, 0.3) is 0 Å². The van der Waals surface area contributed by atoms with Crippen LogP contribution in [0.1, 0.15) is 42.6 Å². The second-order valence-electron chi connectivity index (χ2n) is 4.54. The van der Waals surface area contributed by atoms with Gasteiger partial charge in [-0.05, 0) is 33.7 Å². The fourth-order valence-corrected chi connectivity index (χ4v) is 2.11. The Bertz CT molecular complexity index is 334. The number of hydrogen-bond acceptors (Lipinski definition) is 3. The molecule has 1 rings (SSSR count). The Morgan fingerprint density at radius 2 is 1.88 bits per heavy atom. The standard InChI is InChI=1S/C13H25N3O/c1-11-13(10-14-3)12(2)16(15-11)8-6-4-5-7-9-17/h14,17H,4-10H2,1-3H3. The summed E-state index contributed by atoms with van der Waals surface area (Å²) < 4.78 is 2.11. The van der Waals surface area contributed by atoms with E-state index in [1.54, 1.807) is 0 Å². The smallest absolute Gasteiger partial charge is 0.0641 e. The molecule has 98 valence electrons. The number of aliphatic hydroxyl groups is 1. The molecule has 0 radical (unpaired) electrons. The molecule has 4 nitrogen and oxygen atoms in total. The number of nitrogens with zero attached hydrogens (tertiary/aromatic N) is 2. The Morgan fingerprint density at radius 1 is 1.18 bits per heavy atom. The summed E-state index contributed by atoms with van der Waals surface area (Å²) in [6.45, 7) is 6.40. The second kappa shape index (κ2) is 7.45. The average molecular weight is 239 g/mol. The highest BCUT2D eigenvalue weighted by Gasteiger charge is 2.09. The molecule has 0 unspecified atom stereocenters. The summed E-state index contributed by atoms with van der Waals surface area (Å²) >= 11 is 0. The van der Waals surface area contributed by atoms with Crippen LogP contribution in [0.2, 0.25) is 0 Å². The molecule has 0 amide bonds. The van der Waals surface area contributed by atoms with E-state index in [0.717, 1.165) is 38.0 Å². The SMILES string of the molecule is CNCc1c(C)nn(CCCCCCO)c1C. The molecule has 1 aromatic heterocycles. The molecule has 0 atom stereocenters. The van der Waals surface area contributed by atoms with Gasteiger partial charge < -0.3 is 10.4 Å². The van der Waals surface area contributed by atoms with E-state index >= 15 is 0 Å². The van der Waals surface area contributed by atoms with Gasteiger partial charge in [-0.3, -0.25) is 4.68 Å². The molecular weight excluding hydrogens is 214 g/mol. The zero-order valence-electron chi connectivity index (χ0n) is 11.3. The molecule has 0 aliphatic rings. The van der Waals surface area contributed by atoms with E-state index in [1.807, 2.05) is 7.05 Å². The van der Waals surface area contributed by atoms with E-state index in [1.165, 1.54) is 17.7 Å². The van der Waals surface area contributed by atoms with E-state index in [-0.39, 0.29) is 0 Å². The zero-order chi connectivity index (χ0) is 12.7. The van der Waals surface area contributed by atoms with Crippen LogP contribution in [0.15, 0.2) is 0 Å². The van der Waals surface area contributed by atoms with Crippen LogP contribution in [0.5, 0.6) is 0 Å². The predicted molar refractivity (Wildman–Crippen MR) is 70.0 cm³/mol. The van der Waals surface area contributed by atoms with E-state index < -0.39 is 0 Å². The van der Waals surface area contributed by atoms with Crippen LogP contribution in [-0.2, 0) is 13.1 Å². The maximum Gasteiger partial charge on any atom is 0.0641 e. The Hall–Kier alpha value is -0.870. The molecule has 0 aromatic carbocycles. The minimum atomic E-state index is 0.312. The molecule has 0 saturated heterocycles. The molecular formula is C13H25N3O. The van der Waals surface area contributed by atoms with Crippen molar-refractivity contribution in [2.75, 3.05) is 13.7 Å². The van der Waals surface area contributed by atoms with Crippen molar-refractivity contribution >= 4 is 0 Å². The summed E-state index contributed by atoms with van der Waals surface area (Å²) in [5.41, 5.74) is 3.73. The van der Waals surface area contributed by atoms with Crippen LogP contribution in [0.4, 0.5) is 0 Å². The Morgan fingerprint density at radius 3 is 2.53 bits per heavy atom. The van der Waals surface area contributed by atoms with E-state index in [2.05, 4.69) is 28.9 Å². The van der Waals surface area contributed by atoms with Crippen molar-refractivity contribution in [2.45, 2.75) is 52.6 Å². The van der Waals surface area contributed by atoms with Crippen molar-refractivity contribution in [3.63, 3.8) is 0 Å². The number of aromatic nitrogens is 2. The van der Waals surface area contributed by atoms with Gasteiger partial charge in [0.1, 0.15) is 0 Å². The monoisotopic (exact) mass is 239 g/mol. The van der Waals surface area contributed by atoms with Crippen molar-refractivity contribution in [3.8, 4) is 0 Å². The maximum atomic E-state index is 8.70. The van der Waals surface area contributed by atoms with Crippen molar-refractivity contribution in [1.82, 2.24) is 15.1 Å². The number of aliphatic hydroxyl groups excluding tert-OH is 1. The van der Waals surface area contributed by atoms with Gasteiger partial charge in [0.25, 0.3) is 0 Å². The molecule has 0 aliphatic heterocycles.